The van der Waals surface area contributed by atoms with Crippen LogP contribution in [0, 0.1) is 5.92 Å². The Morgan fingerprint density at radius 2 is 1.97 bits per heavy atom. The minimum Gasteiger partial charge on any atom is -0.480 e. The van der Waals surface area contributed by atoms with Crippen molar-refractivity contribution in [3.05, 3.63) is 36.0 Å². The van der Waals surface area contributed by atoms with Gasteiger partial charge in [0.1, 0.15) is 12.1 Å². The Morgan fingerprint density at radius 3 is 2.68 bits per heavy atom. The van der Waals surface area contributed by atoms with E-state index in [1.54, 1.807) is 6.20 Å². The number of hydrogen-bond acceptors (Lipinski definition) is 5. The zero-order valence-corrected chi connectivity index (χ0v) is 19.5. The number of carboxylic acids is 1. The van der Waals surface area contributed by atoms with Gasteiger partial charge in [0.15, 0.2) is 0 Å². The quantitative estimate of drug-likeness (QED) is 0.344. The molecule has 10 nitrogen and oxygen atoms in total. The Kier molecular flexibility index (Phi) is 8.27. The number of para-hydroxylation sites is 1. The fourth-order valence-corrected chi connectivity index (χ4v) is 4.34. The maximum atomic E-state index is 13.0. The first-order valence-corrected chi connectivity index (χ1v) is 11.6. The molecule has 3 unspecified atom stereocenters. The van der Waals surface area contributed by atoms with Crippen molar-refractivity contribution in [1.29, 1.82) is 0 Å². The predicted octanol–water partition coefficient (Wildman–Crippen LogP) is 0.760. The highest BCUT2D eigenvalue weighted by atomic mass is 16.4. The van der Waals surface area contributed by atoms with E-state index in [0.717, 1.165) is 16.5 Å². The molecule has 1 aromatic carbocycles. The molecule has 0 bridgehead atoms. The summed E-state index contributed by atoms with van der Waals surface area (Å²) in [5.74, 6) is -2.23. The number of rotatable bonds is 10. The van der Waals surface area contributed by atoms with Crippen LogP contribution in [0.5, 0.6) is 0 Å². The van der Waals surface area contributed by atoms with Crippen LogP contribution in [-0.2, 0) is 25.6 Å². The number of likely N-dealkylation sites (tertiary alicyclic amines) is 1. The largest absolute Gasteiger partial charge is 0.480 e. The lowest BCUT2D eigenvalue weighted by Gasteiger charge is -2.26. The fourth-order valence-electron chi connectivity index (χ4n) is 4.34. The summed E-state index contributed by atoms with van der Waals surface area (Å²) in [6, 6.07) is 4.91. The van der Waals surface area contributed by atoms with Gasteiger partial charge in [-0.2, -0.15) is 0 Å². The minimum absolute atomic E-state index is 0.107. The zero-order valence-electron chi connectivity index (χ0n) is 19.5. The molecule has 2 heterocycles. The topological polar surface area (TPSA) is 158 Å². The maximum Gasteiger partial charge on any atom is 0.326 e. The van der Waals surface area contributed by atoms with Crippen LogP contribution in [0.4, 0.5) is 0 Å². The highest BCUT2D eigenvalue weighted by Crippen LogP contribution is 2.21. The summed E-state index contributed by atoms with van der Waals surface area (Å²) < 4.78 is 0. The van der Waals surface area contributed by atoms with Crippen molar-refractivity contribution in [1.82, 2.24) is 20.5 Å². The Balaban J connectivity index is 1.60. The Hall–Kier alpha value is -3.40. The van der Waals surface area contributed by atoms with E-state index in [-0.39, 0.29) is 18.9 Å². The molecule has 6 N–H and O–H groups in total. The molecule has 3 atom stereocenters. The van der Waals surface area contributed by atoms with Gasteiger partial charge in [-0.1, -0.05) is 32.0 Å². The third-order valence-corrected chi connectivity index (χ3v) is 6.07. The van der Waals surface area contributed by atoms with Gasteiger partial charge in [0.05, 0.1) is 12.6 Å². The van der Waals surface area contributed by atoms with E-state index in [0.29, 0.717) is 25.8 Å². The van der Waals surface area contributed by atoms with E-state index < -0.39 is 41.8 Å². The molecular formula is C24H33N5O5. The lowest BCUT2D eigenvalue weighted by Crippen LogP contribution is -2.53. The molecule has 184 valence electrons. The summed E-state index contributed by atoms with van der Waals surface area (Å²) in [5.41, 5.74) is 7.51. The fraction of sp³-hybridized carbons (Fsp3) is 0.500. The number of nitrogens with two attached hydrogens (primary N) is 1. The van der Waals surface area contributed by atoms with Gasteiger partial charge in [-0.15, -0.1) is 0 Å². The van der Waals surface area contributed by atoms with Crippen molar-refractivity contribution in [2.24, 2.45) is 11.7 Å². The zero-order chi connectivity index (χ0) is 24.8. The highest BCUT2D eigenvalue weighted by molar-refractivity contribution is 5.93. The second kappa shape index (κ2) is 11.1. The van der Waals surface area contributed by atoms with Crippen molar-refractivity contribution in [2.75, 3.05) is 13.1 Å². The van der Waals surface area contributed by atoms with Gasteiger partial charge >= 0.3 is 5.97 Å². The van der Waals surface area contributed by atoms with E-state index in [4.69, 9.17) is 5.73 Å². The molecule has 1 aromatic heterocycles. The number of aromatic amines is 1. The summed E-state index contributed by atoms with van der Waals surface area (Å²) in [6.07, 6.45) is 3.39. The summed E-state index contributed by atoms with van der Waals surface area (Å²) in [5, 5.41) is 15.7. The number of aliphatic carboxylic acids is 1. The third kappa shape index (κ3) is 6.13. The van der Waals surface area contributed by atoms with Crippen LogP contribution in [0.1, 0.15) is 38.7 Å². The highest BCUT2D eigenvalue weighted by Gasteiger charge is 2.36. The van der Waals surface area contributed by atoms with Crippen LogP contribution < -0.4 is 16.4 Å². The first kappa shape index (κ1) is 25.2. The van der Waals surface area contributed by atoms with Crippen LogP contribution in [0.3, 0.4) is 0 Å². The average Bonchev–Trinajstić information content (AvgIpc) is 3.44. The molecule has 3 rings (SSSR count). The van der Waals surface area contributed by atoms with Crippen LogP contribution in [0.15, 0.2) is 30.5 Å². The second-order valence-corrected chi connectivity index (χ2v) is 9.16. The number of hydrogen-bond donors (Lipinski definition) is 5. The molecule has 0 radical (unpaired) electrons. The Morgan fingerprint density at radius 1 is 1.24 bits per heavy atom. The standard InChI is InChI=1S/C24H33N5O5/c1-14(2)10-17(25)22(31)27-13-21(30)29-9-5-8-20(29)23(32)28-19(24(33)34)11-15-12-26-18-7-4-3-6-16(15)18/h3-4,6-7,12,14,17,19-20,26H,5,8-11,13,25H2,1-2H3,(H,27,31)(H,28,32)(H,33,34). The number of benzene rings is 1. The van der Waals surface area contributed by atoms with E-state index in [1.165, 1.54) is 4.90 Å². The number of nitrogens with one attached hydrogen (secondary N) is 3. The van der Waals surface area contributed by atoms with E-state index in [2.05, 4.69) is 15.6 Å². The van der Waals surface area contributed by atoms with Gasteiger partial charge in [0, 0.05) is 30.1 Å². The Labute approximate surface area is 198 Å². The van der Waals surface area contributed by atoms with Gasteiger partial charge in [0.25, 0.3) is 0 Å². The number of carbonyl (C=O) groups is 4. The molecule has 1 fully saturated rings. The van der Waals surface area contributed by atoms with E-state index in [9.17, 15) is 24.3 Å². The number of H-pyrrole nitrogens is 1. The molecule has 0 spiro atoms. The van der Waals surface area contributed by atoms with Gasteiger partial charge in [0.2, 0.25) is 17.7 Å². The maximum absolute atomic E-state index is 13.0. The van der Waals surface area contributed by atoms with Crippen LogP contribution in [-0.4, -0.2) is 69.9 Å². The van der Waals surface area contributed by atoms with Crippen molar-refractivity contribution in [2.45, 2.75) is 57.7 Å². The summed E-state index contributed by atoms with van der Waals surface area (Å²) in [7, 11) is 0. The van der Waals surface area contributed by atoms with Crippen molar-refractivity contribution in [3.63, 3.8) is 0 Å². The molecule has 1 saturated heterocycles. The molecule has 1 aliphatic heterocycles. The van der Waals surface area contributed by atoms with Crippen LogP contribution in [0.2, 0.25) is 0 Å². The summed E-state index contributed by atoms with van der Waals surface area (Å²) >= 11 is 0. The molecule has 34 heavy (non-hydrogen) atoms. The van der Waals surface area contributed by atoms with Gasteiger partial charge in [-0.05, 0) is 36.8 Å². The molecular weight excluding hydrogens is 438 g/mol. The summed E-state index contributed by atoms with van der Waals surface area (Å²) in [4.78, 5) is 54.2. The first-order chi connectivity index (χ1) is 16.2. The lowest BCUT2D eigenvalue weighted by atomic mass is 10.0. The number of carbonyl (C=O) groups excluding carboxylic acids is 3. The minimum atomic E-state index is -1.15. The van der Waals surface area contributed by atoms with Gasteiger partial charge < -0.3 is 31.4 Å². The molecule has 10 heteroatoms. The normalized spacial score (nSPS) is 17.5. The number of aromatic nitrogens is 1. The van der Waals surface area contributed by atoms with Crippen molar-refractivity contribution >= 4 is 34.6 Å². The molecule has 1 aliphatic rings. The lowest BCUT2D eigenvalue weighted by molar-refractivity contribution is -0.144. The molecule has 3 amide bonds. The first-order valence-electron chi connectivity index (χ1n) is 11.6. The molecule has 0 saturated carbocycles. The predicted molar refractivity (Wildman–Crippen MR) is 127 cm³/mol. The van der Waals surface area contributed by atoms with Gasteiger partial charge in [-0.25, -0.2) is 4.79 Å². The third-order valence-electron chi connectivity index (χ3n) is 6.07. The smallest absolute Gasteiger partial charge is 0.326 e. The average molecular weight is 472 g/mol. The number of nitrogens with zero attached hydrogens (tertiary/aromatic N) is 1. The number of carboxylic acid groups (broad SMARTS) is 1. The summed E-state index contributed by atoms with van der Waals surface area (Å²) in [6.45, 7) is 4.01. The molecule has 2 aromatic rings. The molecule has 0 aliphatic carbocycles. The van der Waals surface area contributed by atoms with Crippen molar-refractivity contribution in [3.8, 4) is 0 Å². The van der Waals surface area contributed by atoms with Crippen molar-refractivity contribution < 1.29 is 24.3 Å². The van der Waals surface area contributed by atoms with Gasteiger partial charge in [-0.3, -0.25) is 14.4 Å². The van der Waals surface area contributed by atoms with E-state index >= 15 is 0 Å². The monoisotopic (exact) mass is 471 g/mol. The number of amides is 3. The Bertz CT molecular complexity index is 1050. The second-order valence-electron chi connectivity index (χ2n) is 9.16. The number of fused-ring (bicyclic) bond motifs is 1. The SMILES string of the molecule is CC(C)CC(N)C(=O)NCC(=O)N1CCCC1C(=O)NC(Cc1c[nH]c2ccccc12)C(=O)O. The van der Waals surface area contributed by atoms with Crippen LogP contribution in [0.25, 0.3) is 10.9 Å². The van der Waals surface area contributed by atoms with E-state index in [1.807, 2.05) is 38.1 Å². The van der Waals surface area contributed by atoms with Crippen LogP contribution >= 0.6 is 0 Å².